The predicted molar refractivity (Wildman–Crippen MR) is 119 cm³/mol. The number of carbonyl (C=O) groups excluding carboxylic acids is 1. The van der Waals surface area contributed by atoms with Crippen LogP contribution in [0.5, 0.6) is 0 Å². The van der Waals surface area contributed by atoms with Gasteiger partial charge in [0.2, 0.25) is 0 Å². The van der Waals surface area contributed by atoms with E-state index in [1.54, 1.807) is 0 Å². The van der Waals surface area contributed by atoms with Crippen LogP contribution in [0.25, 0.3) is 10.9 Å². The third-order valence-electron chi connectivity index (χ3n) is 5.58. The molecule has 0 unspecified atom stereocenters. The molecule has 2 heterocycles. The Bertz CT molecular complexity index is 1150. The van der Waals surface area contributed by atoms with Crippen LogP contribution in [0.3, 0.4) is 0 Å². The van der Waals surface area contributed by atoms with Crippen molar-refractivity contribution in [3.63, 3.8) is 0 Å². The minimum absolute atomic E-state index is 0.101. The lowest BCUT2D eigenvalue weighted by molar-refractivity contribution is 0.0936. The van der Waals surface area contributed by atoms with Crippen molar-refractivity contribution in [3.05, 3.63) is 102 Å². The fourth-order valence-corrected chi connectivity index (χ4v) is 5.24. The molecule has 144 valence electrons. The summed E-state index contributed by atoms with van der Waals surface area (Å²) in [6.45, 7) is 0. The van der Waals surface area contributed by atoms with E-state index < -0.39 is 6.04 Å². The lowest BCUT2D eigenvalue weighted by Gasteiger charge is -2.30. The molecule has 4 aromatic rings. The van der Waals surface area contributed by atoms with Crippen molar-refractivity contribution in [2.45, 2.75) is 23.4 Å². The highest BCUT2D eigenvalue weighted by Gasteiger charge is 2.29. The van der Waals surface area contributed by atoms with Gasteiger partial charge in [-0.2, -0.15) is 0 Å². The number of fused-ring (bicyclic) bond motifs is 2. The van der Waals surface area contributed by atoms with E-state index in [0.717, 1.165) is 34.2 Å². The van der Waals surface area contributed by atoms with E-state index in [9.17, 15) is 4.79 Å². The van der Waals surface area contributed by atoms with Gasteiger partial charge in [0, 0.05) is 33.6 Å². The van der Waals surface area contributed by atoms with Crippen LogP contribution >= 0.6 is 11.8 Å². The van der Waals surface area contributed by atoms with Gasteiger partial charge in [-0.3, -0.25) is 10.1 Å². The number of para-hydroxylation sites is 1. The van der Waals surface area contributed by atoms with Gasteiger partial charge in [-0.1, -0.05) is 66.7 Å². The second-order valence-electron chi connectivity index (χ2n) is 7.35. The Labute approximate surface area is 174 Å². The van der Waals surface area contributed by atoms with Gasteiger partial charge < -0.3 is 4.98 Å². The van der Waals surface area contributed by atoms with Crippen molar-refractivity contribution in [2.75, 3.05) is 5.75 Å². The maximum absolute atomic E-state index is 13.7. The first-order valence-corrected chi connectivity index (χ1v) is 10.9. The Balaban J connectivity index is 1.54. The molecule has 0 radical (unpaired) electrons. The summed E-state index contributed by atoms with van der Waals surface area (Å²) in [5.74, 6) is 1.15. The Kier molecular flexibility index (Phi) is 4.96. The standard InChI is InChI=1S/C25H22N2OS/c28-25(20-16-26-21-12-6-4-10-18(20)21)24(17-8-2-1-3-9-17)27-22-14-15-29-23-13-7-5-11-19(22)23/h1-13,16,22,24,26-27H,14-15H2/t22-,24+/m1/s1. The summed E-state index contributed by atoms with van der Waals surface area (Å²) in [7, 11) is 0. The Morgan fingerprint density at radius 1 is 0.966 bits per heavy atom. The molecule has 5 rings (SSSR count). The molecular weight excluding hydrogens is 376 g/mol. The lowest BCUT2D eigenvalue weighted by Crippen LogP contribution is -2.33. The summed E-state index contributed by atoms with van der Waals surface area (Å²) < 4.78 is 0. The maximum atomic E-state index is 13.7. The van der Waals surface area contributed by atoms with E-state index in [4.69, 9.17) is 0 Å². The molecule has 0 spiro atoms. The van der Waals surface area contributed by atoms with Gasteiger partial charge in [0.15, 0.2) is 5.78 Å². The van der Waals surface area contributed by atoms with Crippen LogP contribution in [0, 0.1) is 0 Å². The smallest absolute Gasteiger partial charge is 0.186 e. The summed E-state index contributed by atoms with van der Waals surface area (Å²) in [4.78, 5) is 18.3. The molecule has 0 bridgehead atoms. The van der Waals surface area contributed by atoms with Crippen molar-refractivity contribution in [2.24, 2.45) is 0 Å². The molecule has 0 aliphatic carbocycles. The van der Waals surface area contributed by atoms with Crippen LogP contribution in [0.15, 0.2) is 90.0 Å². The molecule has 1 aromatic heterocycles. The minimum Gasteiger partial charge on any atom is -0.360 e. The number of Topliss-reactive ketones (excluding diaryl/α,β-unsaturated/α-hetero) is 1. The van der Waals surface area contributed by atoms with Crippen LogP contribution in [0.4, 0.5) is 0 Å². The summed E-state index contributed by atoms with van der Waals surface area (Å²) in [6, 6.07) is 26.3. The number of rotatable bonds is 5. The zero-order chi connectivity index (χ0) is 19.6. The zero-order valence-electron chi connectivity index (χ0n) is 16.0. The first-order valence-electron chi connectivity index (χ1n) is 9.94. The van der Waals surface area contributed by atoms with Crippen molar-refractivity contribution in [1.82, 2.24) is 10.3 Å². The first kappa shape index (κ1) is 18.2. The number of ketones is 1. The number of aromatic amines is 1. The van der Waals surface area contributed by atoms with E-state index in [-0.39, 0.29) is 11.8 Å². The van der Waals surface area contributed by atoms with Crippen molar-refractivity contribution >= 4 is 28.4 Å². The van der Waals surface area contributed by atoms with E-state index in [2.05, 4.69) is 34.6 Å². The molecule has 1 aliphatic rings. The van der Waals surface area contributed by atoms with E-state index in [1.165, 1.54) is 10.5 Å². The van der Waals surface area contributed by atoms with Gasteiger partial charge in [0.05, 0.1) is 6.04 Å². The average Bonchev–Trinajstić information content (AvgIpc) is 3.22. The minimum atomic E-state index is -0.392. The average molecular weight is 399 g/mol. The number of hydrogen-bond donors (Lipinski definition) is 2. The third-order valence-corrected chi connectivity index (χ3v) is 6.70. The molecule has 0 fully saturated rings. The first-order chi connectivity index (χ1) is 14.3. The second-order valence-corrected chi connectivity index (χ2v) is 8.49. The number of H-pyrrole nitrogens is 1. The number of hydrogen-bond acceptors (Lipinski definition) is 3. The highest BCUT2D eigenvalue weighted by atomic mass is 32.2. The van der Waals surface area contributed by atoms with Gasteiger partial charge in [0.1, 0.15) is 0 Å². The SMILES string of the molecule is O=C(c1c[nH]c2ccccc12)[C@@H](N[C@@H]1CCSc2ccccc21)c1ccccc1. The van der Waals surface area contributed by atoms with Crippen molar-refractivity contribution in [1.29, 1.82) is 0 Å². The molecule has 2 atom stereocenters. The molecule has 0 saturated carbocycles. The summed E-state index contributed by atoms with van der Waals surface area (Å²) >= 11 is 1.89. The van der Waals surface area contributed by atoms with E-state index >= 15 is 0 Å². The summed E-state index contributed by atoms with van der Waals surface area (Å²) in [5.41, 5.74) is 4.01. The Morgan fingerprint density at radius 3 is 2.62 bits per heavy atom. The van der Waals surface area contributed by atoms with Crippen molar-refractivity contribution in [3.8, 4) is 0 Å². The molecule has 2 N–H and O–H groups in total. The van der Waals surface area contributed by atoms with Gasteiger partial charge >= 0.3 is 0 Å². The molecule has 0 amide bonds. The van der Waals surface area contributed by atoms with E-state index in [0.29, 0.717) is 0 Å². The normalized spacial score (nSPS) is 17.0. The number of nitrogens with one attached hydrogen (secondary N) is 2. The third kappa shape index (κ3) is 3.50. The van der Waals surface area contributed by atoms with Crippen LogP contribution in [0.2, 0.25) is 0 Å². The molecule has 1 aliphatic heterocycles. The molecule has 29 heavy (non-hydrogen) atoms. The zero-order valence-corrected chi connectivity index (χ0v) is 16.8. The van der Waals surface area contributed by atoms with E-state index in [1.807, 2.05) is 72.6 Å². The Hall–Kier alpha value is -2.82. The highest BCUT2D eigenvalue weighted by molar-refractivity contribution is 7.99. The number of aromatic nitrogens is 1. The van der Waals surface area contributed by atoms with Crippen molar-refractivity contribution < 1.29 is 4.79 Å². The largest absolute Gasteiger partial charge is 0.360 e. The topological polar surface area (TPSA) is 44.9 Å². The monoisotopic (exact) mass is 398 g/mol. The van der Waals surface area contributed by atoms with Crippen LogP contribution in [-0.2, 0) is 0 Å². The molecule has 0 saturated heterocycles. The van der Waals surface area contributed by atoms with Crippen LogP contribution in [0.1, 0.15) is 40.0 Å². The van der Waals surface area contributed by atoms with Gasteiger partial charge in [-0.05, 0) is 35.4 Å². The maximum Gasteiger partial charge on any atom is 0.186 e. The number of benzene rings is 3. The molecule has 4 heteroatoms. The predicted octanol–water partition coefficient (Wildman–Crippen LogP) is 5.92. The number of thioether (sulfide) groups is 1. The molecule has 3 nitrogen and oxygen atoms in total. The van der Waals surface area contributed by atoms with Gasteiger partial charge in [-0.15, -0.1) is 11.8 Å². The number of carbonyl (C=O) groups is 1. The Morgan fingerprint density at radius 2 is 1.72 bits per heavy atom. The van der Waals surface area contributed by atoms with Gasteiger partial charge in [0.25, 0.3) is 0 Å². The summed E-state index contributed by atoms with van der Waals surface area (Å²) in [6.07, 6.45) is 2.85. The quantitative estimate of drug-likeness (QED) is 0.410. The molecular formula is C25H22N2OS. The summed E-state index contributed by atoms with van der Waals surface area (Å²) in [5, 5.41) is 4.68. The second kappa shape index (κ2) is 7.90. The lowest BCUT2D eigenvalue weighted by atomic mass is 9.94. The highest BCUT2D eigenvalue weighted by Crippen LogP contribution is 2.37. The van der Waals surface area contributed by atoms with Gasteiger partial charge in [-0.25, -0.2) is 0 Å². The van der Waals surface area contributed by atoms with Crippen LogP contribution < -0.4 is 5.32 Å². The van der Waals surface area contributed by atoms with Crippen LogP contribution in [-0.4, -0.2) is 16.5 Å². The fraction of sp³-hybridized carbons (Fsp3) is 0.160. The molecule has 3 aromatic carbocycles. The fourth-order valence-electron chi connectivity index (χ4n) is 4.12.